The van der Waals surface area contributed by atoms with Crippen molar-refractivity contribution in [2.75, 3.05) is 12.8 Å². The Kier molecular flexibility index (Phi) is 4.24. The Morgan fingerprint density at radius 2 is 1.92 bits per heavy atom. The number of aromatic amines is 1. The monoisotopic (exact) mass is 342 g/mol. The molecule has 24 heavy (non-hydrogen) atoms. The number of aryl methyl sites for hydroxylation is 1. The molecule has 3 N–H and O–H groups in total. The van der Waals surface area contributed by atoms with Gasteiger partial charge in [0.25, 0.3) is 0 Å². The number of carbonyl (C=O) groups excluding carboxylic acids is 1. The highest BCUT2D eigenvalue weighted by Gasteiger charge is 2.20. The molecular weight excluding hydrogens is 324 g/mol. The molecule has 0 amide bonds. The van der Waals surface area contributed by atoms with Crippen molar-refractivity contribution in [2.24, 2.45) is 0 Å². The topological polar surface area (TPSA) is 68.1 Å². The Morgan fingerprint density at radius 3 is 2.54 bits per heavy atom. The summed E-state index contributed by atoms with van der Waals surface area (Å²) in [4.78, 5) is 15.2. The molecule has 1 aromatic heterocycles. The van der Waals surface area contributed by atoms with E-state index >= 15 is 0 Å². The van der Waals surface area contributed by atoms with Crippen molar-refractivity contribution in [1.29, 1.82) is 0 Å². The number of methoxy groups -OCH3 is 1. The Balaban J connectivity index is 2.37. The van der Waals surface area contributed by atoms with Gasteiger partial charge in [-0.05, 0) is 54.3 Å². The summed E-state index contributed by atoms with van der Waals surface area (Å²) in [6.45, 7) is 3.92. The molecule has 2 aromatic carbocycles. The minimum Gasteiger partial charge on any atom is -0.469 e. The highest BCUT2D eigenvalue weighted by atomic mass is 35.5. The molecule has 0 atom stereocenters. The first-order valence-electron chi connectivity index (χ1n) is 7.65. The smallest absolute Gasteiger partial charge is 0.310 e. The first-order valence-corrected chi connectivity index (χ1v) is 8.03. The fourth-order valence-corrected chi connectivity index (χ4v) is 3.21. The molecule has 0 radical (unpaired) electrons. The summed E-state index contributed by atoms with van der Waals surface area (Å²) in [5, 5.41) is 1.67. The maximum atomic E-state index is 11.9. The maximum Gasteiger partial charge on any atom is 0.310 e. The number of nitrogen functional groups attached to an aromatic ring is 1. The van der Waals surface area contributed by atoms with E-state index in [1.807, 2.05) is 38.1 Å². The van der Waals surface area contributed by atoms with Crippen molar-refractivity contribution in [3.05, 3.63) is 52.2 Å². The number of esters is 1. The van der Waals surface area contributed by atoms with Crippen molar-refractivity contribution in [3.8, 4) is 11.1 Å². The number of carbonyl (C=O) groups is 1. The molecule has 5 heteroatoms. The van der Waals surface area contributed by atoms with Crippen molar-refractivity contribution in [1.82, 2.24) is 4.98 Å². The third kappa shape index (κ3) is 2.74. The van der Waals surface area contributed by atoms with Gasteiger partial charge in [-0.1, -0.05) is 23.7 Å². The molecule has 0 aliphatic rings. The molecule has 0 fully saturated rings. The predicted octanol–water partition coefficient (Wildman–Crippen LogP) is 4.40. The van der Waals surface area contributed by atoms with Crippen molar-refractivity contribution in [2.45, 2.75) is 20.3 Å². The van der Waals surface area contributed by atoms with E-state index in [4.69, 9.17) is 22.1 Å². The fourth-order valence-electron chi connectivity index (χ4n) is 3.08. The quantitative estimate of drug-likeness (QED) is 0.547. The van der Waals surface area contributed by atoms with E-state index in [-0.39, 0.29) is 12.4 Å². The largest absolute Gasteiger partial charge is 0.469 e. The van der Waals surface area contributed by atoms with Crippen LogP contribution in [-0.2, 0) is 16.0 Å². The number of aromatic nitrogens is 1. The zero-order valence-electron chi connectivity index (χ0n) is 13.9. The van der Waals surface area contributed by atoms with Gasteiger partial charge in [0.2, 0.25) is 0 Å². The molecule has 0 aliphatic heterocycles. The lowest BCUT2D eigenvalue weighted by molar-refractivity contribution is -0.139. The van der Waals surface area contributed by atoms with E-state index < -0.39 is 0 Å². The molecule has 124 valence electrons. The summed E-state index contributed by atoms with van der Waals surface area (Å²) in [5.41, 5.74) is 12.6. The van der Waals surface area contributed by atoms with Crippen molar-refractivity contribution < 1.29 is 9.53 Å². The van der Waals surface area contributed by atoms with Crippen LogP contribution in [0.4, 0.5) is 5.69 Å². The van der Waals surface area contributed by atoms with Crippen LogP contribution in [0.1, 0.15) is 16.8 Å². The summed E-state index contributed by atoms with van der Waals surface area (Å²) < 4.78 is 4.87. The second-order valence-corrected chi connectivity index (χ2v) is 6.33. The molecule has 4 nitrogen and oxygen atoms in total. The van der Waals surface area contributed by atoms with E-state index in [1.54, 1.807) is 0 Å². The van der Waals surface area contributed by atoms with Gasteiger partial charge in [-0.15, -0.1) is 0 Å². The number of rotatable bonds is 3. The average Bonchev–Trinajstić information content (AvgIpc) is 2.95. The Labute approximate surface area is 145 Å². The SMILES string of the molecule is COC(=O)Cc1c(C)c(N)c2[nH]c(C)cc2c1-c1ccc(Cl)cc1. The van der Waals surface area contributed by atoms with Gasteiger partial charge in [-0.2, -0.15) is 0 Å². The summed E-state index contributed by atoms with van der Waals surface area (Å²) in [7, 11) is 1.39. The van der Waals surface area contributed by atoms with E-state index in [1.165, 1.54) is 7.11 Å². The summed E-state index contributed by atoms with van der Waals surface area (Å²) in [5.74, 6) is -0.292. The Bertz CT molecular complexity index is 927. The standard InChI is InChI=1S/C19H19ClN2O2/c1-10-8-15-17(12-4-6-13(20)7-5-12)14(9-16(23)24-3)11(2)18(21)19(15)22-10/h4-8,22H,9,21H2,1-3H3. The molecule has 0 aliphatic carbocycles. The summed E-state index contributed by atoms with van der Waals surface area (Å²) >= 11 is 6.02. The van der Waals surface area contributed by atoms with Gasteiger partial charge >= 0.3 is 5.97 Å². The van der Waals surface area contributed by atoms with E-state index in [9.17, 15) is 4.79 Å². The van der Waals surface area contributed by atoms with Crippen LogP contribution in [0.25, 0.3) is 22.0 Å². The number of nitrogens with two attached hydrogens (primary N) is 1. The zero-order valence-corrected chi connectivity index (χ0v) is 14.6. The van der Waals surface area contributed by atoms with Gasteiger partial charge in [0.1, 0.15) is 0 Å². The van der Waals surface area contributed by atoms with Gasteiger partial charge in [-0.25, -0.2) is 0 Å². The molecular formula is C19H19ClN2O2. The second kappa shape index (κ2) is 6.21. The van der Waals surface area contributed by atoms with Crippen LogP contribution < -0.4 is 5.73 Å². The number of hydrogen-bond donors (Lipinski definition) is 2. The highest BCUT2D eigenvalue weighted by molar-refractivity contribution is 6.30. The Hall–Kier alpha value is -2.46. The molecule has 3 rings (SSSR count). The number of nitrogens with one attached hydrogen (secondary N) is 1. The van der Waals surface area contributed by atoms with Crippen LogP contribution in [0.3, 0.4) is 0 Å². The number of fused-ring (bicyclic) bond motifs is 1. The fraction of sp³-hybridized carbons (Fsp3) is 0.211. The van der Waals surface area contributed by atoms with E-state index in [2.05, 4.69) is 11.1 Å². The summed E-state index contributed by atoms with van der Waals surface area (Å²) in [6, 6.07) is 9.65. The van der Waals surface area contributed by atoms with Crippen LogP contribution >= 0.6 is 11.6 Å². The van der Waals surface area contributed by atoms with Gasteiger partial charge in [0.05, 0.1) is 24.7 Å². The van der Waals surface area contributed by atoms with Crippen LogP contribution in [0, 0.1) is 13.8 Å². The zero-order chi connectivity index (χ0) is 17.4. The van der Waals surface area contributed by atoms with Crippen LogP contribution in [-0.4, -0.2) is 18.1 Å². The van der Waals surface area contributed by atoms with Crippen LogP contribution in [0.5, 0.6) is 0 Å². The predicted molar refractivity (Wildman–Crippen MR) is 98.4 cm³/mol. The van der Waals surface area contributed by atoms with E-state index in [0.29, 0.717) is 10.7 Å². The molecule has 0 spiro atoms. The van der Waals surface area contributed by atoms with E-state index in [0.717, 1.165) is 38.9 Å². The van der Waals surface area contributed by atoms with Gasteiger partial charge in [0, 0.05) is 16.1 Å². The van der Waals surface area contributed by atoms with Crippen LogP contribution in [0.2, 0.25) is 5.02 Å². The first kappa shape index (κ1) is 16.4. The van der Waals surface area contributed by atoms with Gasteiger partial charge < -0.3 is 15.5 Å². The van der Waals surface area contributed by atoms with Crippen LogP contribution in [0.15, 0.2) is 30.3 Å². The Morgan fingerprint density at radius 1 is 1.25 bits per heavy atom. The van der Waals surface area contributed by atoms with Crippen molar-refractivity contribution >= 4 is 34.2 Å². The molecule has 0 saturated heterocycles. The minimum atomic E-state index is -0.292. The summed E-state index contributed by atoms with van der Waals surface area (Å²) in [6.07, 6.45) is 0.171. The lowest BCUT2D eigenvalue weighted by atomic mass is 9.89. The third-order valence-corrected chi connectivity index (χ3v) is 4.58. The molecule has 0 bridgehead atoms. The number of benzene rings is 2. The second-order valence-electron chi connectivity index (χ2n) is 5.89. The molecule has 0 unspecified atom stereocenters. The lowest BCUT2D eigenvalue weighted by Crippen LogP contribution is -2.09. The molecule has 0 saturated carbocycles. The van der Waals surface area contributed by atoms with Crippen molar-refractivity contribution in [3.63, 3.8) is 0 Å². The van der Waals surface area contributed by atoms with Gasteiger partial charge in [0.15, 0.2) is 0 Å². The molecule has 1 heterocycles. The lowest BCUT2D eigenvalue weighted by Gasteiger charge is -2.17. The van der Waals surface area contributed by atoms with Gasteiger partial charge in [-0.3, -0.25) is 4.79 Å². The minimum absolute atomic E-state index is 0.171. The number of H-pyrrole nitrogens is 1. The average molecular weight is 343 g/mol. The number of anilines is 1. The normalized spacial score (nSPS) is 11.0. The first-order chi connectivity index (χ1) is 11.4. The number of hydrogen-bond acceptors (Lipinski definition) is 3. The number of halogens is 1. The molecule has 3 aromatic rings. The third-order valence-electron chi connectivity index (χ3n) is 4.33. The maximum absolute atomic E-state index is 11.9. The number of ether oxygens (including phenoxy) is 1. The highest BCUT2D eigenvalue weighted by Crippen LogP contribution is 2.39.